The fourth-order valence-corrected chi connectivity index (χ4v) is 7.53. The van der Waals surface area contributed by atoms with Crippen molar-refractivity contribution < 1.29 is 23.8 Å². The van der Waals surface area contributed by atoms with Crippen molar-refractivity contribution in [2.45, 2.75) is 245 Å². The summed E-state index contributed by atoms with van der Waals surface area (Å²) in [7, 11) is 0. The molecule has 406 valence electrons. The van der Waals surface area contributed by atoms with Crippen LogP contribution in [0.25, 0.3) is 0 Å². The number of unbranched alkanes of at least 4 members (excludes halogenated alkanes) is 17. The lowest BCUT2D eigenvalue weighted by molar-refractivity contribution is -0.163. The SMILES string of the molecule is CC/C=C\C/C=C\C/C=C\C/C=C\C/C=C\CCCCCCOCC(COC(=O)CCCCC/C=C\C/C=C\C/C=C\C/C=C\C/C=C\CC)OC(=O)CCCCCCCCC/C=C\C/C=C\CCCCC. The summed E-state index contributed by atoms with van der Waals surface area (Å²) in [6, 6.07) is 0. The fraction of sp³-hybridized carbons (Fsp3) is 0.612. The molecule has 0 bridgehead atoms. The van der Waals surface area contributed by atoms with E-state index in [1.54, 1.807) is 0 Å². The normalized spacial score (nSPS) is 13.3. The van der Waals surface area contributed by atoms with Crippen molar-refractivity contribution in [2.75, 3.05) is 19.8 Å². The van der Waals surface area contributed by atoms with Gasteiger partial charge < -0.3 is 14.2 Å². The van der Waals surface area contributed by atoms with Gasteiger partial charge in [0.15, 0.2) is 6.10 Å². The van der Waals surface area contributed by atoms with Gasteiger partial charge in [0, 0.05) is 19.4 Å². The van der Waals surface area contributed by atoms with Crippen LogP contribution in [0.2, 0.25) is 0 Å². The lowest BCUT2D eigenvalue weighted by atomic mass is 10.1. The van der Waals surface area contributed by atoms with Crippen molar-refractivity contribution in [3.63, 3.8) is 0 Å². The van der Waals surface area contributed by atoms with Gasteiger partial charge in [0.25, 0.3) is 0 Å². The van der Waals surface area contributed by atoms with E-state index in [-0.39, 0.29) is 25.2 Å². The van der Waals surface area contributed by atoms with E-state index in [0.29, 0.717) is 19.4 Å². The molecule has 0 aliphatic carbocycles. The smallest absolute Gasteiger partial charge is 0.306 e. The third kappa shape index (κ3) is 58.4. The van der Waals surface area contributed by atoms with Crippen molar-refractivity contribution in [1.29, 1.82) is 0 Å². The molecule has 0 aromatic rings. The summed E-state index contributed by atoms with van der Waals surface area (Å²) in [6.45, 7) is 7.47. The Morgan fingerprint density at radius 1 is 0.319 bits per heavy atom. The summed E-state index contributed by atoms with van der Waals surface area (Å²) < 4.78 is 17.4. The summed E-state index contributed by atoms with van der Waals surface area (Å²) in [5, 5.41) is 0. The number of esters is 2. The Bertz CT molecular complexity index is 1540. The maximum absolute atomic E-state index is 12.9. The van der Waals surface area contributed by atoms with Gasteiger partial charge in [0.05, 0.1) is 6.61 Å². The van der Waals surface area contributed by atoms with Crippen LogP contribution in [0.3, 0.4) is 0 Å². The molecular weight excluding hydrogens is 885 g/mol. The van der Waals surface area contributed by atoms with Gasteiger partial charge in [0.2, 0.25) is 0 Å². The number of carbonyl (C=O) groups is 2. The second-order valence-electron chi connectivity index (χ2n) is 18.8. The zero-order valence-electron chi connectivity index (χ0n) is 46.6. The molecule has 0 saturated heterocycles. The van der Waals surface area contributed by atoms with E-state index in [0.717, 1.165) is 148 Å². The minimum absolute atomic E-state index is 0.0444. The minimum atomic E-state index is -0.581. The maximum Gasteiger partial charge on any atom is 0.306 e. The molecule has 0 saturated carbocycles. The highest BCUT2D eigenvalue weighted by Crippen LogP contribution is 2.13. The first-order chi connectivity index (χ1) is 35.6. The van der Waals surface area contributed by atoms with Gasteiger partial charge in [-0.25, -0.2) is 0 Å². The van der Waals surface area contributed by atoms with Crippen LogP contribution < -0.4 is 0 Å². The molecule has 1 atom stereocenters. The summed E-state index contributed by atoms with van der Waals surface area (Å²) in [4.78, 5) is 25.6. The first kappa shape index (κ1) is 67.8. The predicted molar refractivity (Wildman–Crippen MR) is 315 cm³/mol. The number of hydrogen-bond acceptors (Lipinski definition) is 5. The Morgan fingerprint density at radius 3 is 1.01 bits per heavy atom. The van der Waals surface area contributed by atoms with Crippen LogP contribution in [0.15, 0.2) is 146 Å². The Hall–Kier alpha value is -4.22. The second kappa shape index (κ2) is 61.1. The molecule has 0 spiro atoms. The molecule has 0 amide bonds. The van der Waals surface area contributed by atoms with Gasteiger partial charge in [0.1, 0.15) is 6.61 Å². The van der Waals surface area contributed by atoms with Crippen molar-refractivity contribution in [3.8, 4) is 0 Å². The van der Waals surface area contributed by atoms with E-state index < -0.39 is 6.10 Å². The molecule has 0 aliphatic heterocycles. The minimum Gasteiger partial charge on any atom is -0.462 e. The van der Waals surface area contributed by atoms with Gasteiger partial charge in [-0.2, -0.15) is 0 Å². The van der Waals surface area contributed by atoms with Crippen LogP contribution in [0.4, 0.5) is 0 Å². The average Bonchev–Trinajstić information content (AvgIpc) is 3.38. The molecule has 72 heavy (non-hydrogen) atoms. The molecule has 5 heteroatoms. The van der Waals surface area contributed by atoms with E-state index in [2.05, 4.69) is 167 Å². The van der Waals surface area contributed by atoms with E-state index in [9.17, 15) is 9.59 Å². The van der Waals surface area contributed by atoms with E-state index in [1.165, 1.54) is 57.8 Å². The second-order valence-corrected chi connectivity index (χ2v) is 18.8. The molecule has 0 heterocycles. The molecule has 0 aromatic carbocycles. The van der Waals surface area contributed by atoms with Gasteiger partial charge in [-0.3, -0.25) is 9.59 Å². The van der Waals surface area contributed by atoms with Crippen molar-refractivity contribution >= 4 is 11.9 Å². The average molecular weight is 994 g/mol. The van der Waals surface area contributed by atoms with Crippen LogP contribution in [-0.2, 0) is 23.8 Å². The molecule has 0 fully saturated rings. The van der Waals surface area contributed by atoms with Crippen LogP contribution in [0.1, 0.15) is 239 Å². The summed E-state index contributed by atoms with van der Waals surface area (Å²) in [5.41, 5.74) is 0. The number of ether oxygens (including phenoxy) is 3. The molecule has 0 N–H and O–H groups in total. The van der Waals surface area contributed by atoms with E-state index in [1.807, 2.05) is 0 Å². The Balaban J connectivity index is 4.45. The Labute approximate surface area is 444 Å². The first-order valence-electron chi connectivity index (χ1n) is 29.4. The maximum atomic E-state index is 12.9. The lowest BCUT2D eigenvalue weighted by Crippen LogP contribution is -2.30. The van der Waals surface area contributed by atoms with Crippen molar-refractivity contribution in [1.82, 2.24) is 0 Å². The first-order valence-corrected chi connectivity index (χ1v) is 29.4. The molecule has 0 aromatic heterocycles. The van der Waals surface area contributed by atoms with Crippen LogP contribution in [0.5, 0.6) is 0 Å². The molecule has 1 unspecified atom stereocenters. The van der Waals surface area contributed by atoms with Crippen LogP contribution >= 0.6 is 0 Å². The molecule has 5 nitrogen and oxygen atoms in total. The number of carbonyl (C=O) groups excluding carboxylic acids is 2. The van der Waals surface area contributed by atoms with Crippen LogP contribution in [0, 0.1) is 0 Å². The van der Waals surface area contributed by atoms with Gasteiger partial charge >= 0.3 is 11.9 Å². The predicted octanol–water partition coefficient (Wildman–Crippen LogP) is 20.5. The van der Waals surface area contributed by atoms with E-state index >= 15 is 0 Å². The summed E-state index contributed by atoms with van der Waals surface area (Å²) in [6.07, 6.45) is 88.7. The van der Waals surface area contributed by atoms with Gasteiger partial charge in [-0.1, -0.05) is 231 Å². The Kier molecular flexibility index (Phi) is 57.5. The molecule has 0 aliphatic rings. The topological polar surface area (TPSA) is 61.8 Å². The monoisotopic (exact) mass is 993 g/mol. The zero-order valence-corrected chi connectivity index (χ0v) is 46.6. The quantitative estimate of drug-likeness (QED) is 0.0345. The van der Waals surface area contributed by atoms with Crippen molar-refractivity contribution in [2.24, 2.45) is 0 Å². The highest BCUT2D eigenvalue weighted by molar-refractivity contribution is 5.70. The number of allylic oxidation sites excluding steroid dienone is 24. The standard InChI is InChI=1S/C67H108O5/c1-4-7-10-13-16-19-22-25-28-31-33-35-38-41-44-47-50-53-56-59-62-70-63-65(72-67(69)61-58-55-52-49-46-43-40-36-30-27-24-21-18-15-12-9-6-3)64-71-66(68)60-57-54-51-48-45-42-39-37-34-32-29-26-23-20-17-14-11-8-5-2/h7-8,10-11,16-21,25-30,33-35,37,41-42,44-45,65H,4-6,9,12-15,22-24,31-32,36,38-40,43,46-64H2,1-3H3/b10-7-,11-8-,19-16-,20-17-,21-18-,28-25-,29-26-,30-27-,35-33-,37-34-,44-41-,45-42-. The van der Waals surface area contributed by atoms with Gasteiger partial charge in [-0.05, 0) is 141 Å². The highest BCUT2D eigenvalue weighted by Gasteiger charge is 2.17. The van der Waals surface area contributed by atoms with Crippen molar-refractivity contribution in [3.05, 3.63) is 146 Å². The highest BCUT2D eigenvalue weighted by atomic mass is 16.6. The van der Waals surface area contributed by atoms with E-state index in [4.69, 9.17) is 14.2 Å². The van der Waals surface area contributed by atoms with Gasteiger partial charge in [-0.15, -0.1) is 0 Å². The fourth-order valence-electron chi connectivity index (χ4n) is 7.53. The Morgan fingerprint density at radius 2 is 0.625 bits per heavy atom. The number of rotatable bonds is 52. The summed E-state index contributed by atoms with van der Waals surface area (Å²) >= 11 is 0. The lowest BCUT2D eigenvalue weighted by Gasteiger charge is -2.18. The molecule has 0 radical (unpaired) electrons. The number of hydrogen-bond donors (Lipinski definition) is 0. The molecular formula is C67H108O5. The molecule has 0 rings (SSSR count). The largest absolute Gasteiger partial charge is 0.462 e. The third-order valence-electron chi connectivity index (χ3n) is 11.8. The van der Waals surface area contributed by atoms with Crippen LogP contribution in [-0.4, -0.2) is 37.9 Å². The third-order valence-corrected chi connectivity index (χ3v) is 11.8. The summed E-state index contributed by atoms with van der Waals surface area (Å²) in [5.74, 6) is -0.466. The zero-order chi connectivity index (χ0) is 52.0.